The third-order valence-electron chi connectivity index (χ3n) is 2.46. The molecule has 0 heterocycles. The standard InChI is InChI=1S/C13H25NO4/c1-5-6-7-8-18-12(15)11(9-10(2)3)14-13(16)17-4/h10-11H,5-9H2,1-4H3,(H,14,16)/t11-/m0/s1. The Bertz CT molecular complexity index is 253. The van der Waals surface area contributed by atoms with Crippen molar-refractivity contribution < 1.29 is 19.1 Å². The molecule has 0 aliphatic carbocycles. The molecule has 1 N–H and O–H groups in total. The molecule has 0 spiro atoms. The van der Waals surface area contributed by atoms with E-state index < -0.39 is 12.1 Å². The van der Waals surface area contributed by atoms with Crippen LogP contribution >= 0.6 is 0 Å². The van der Waals surface area contributed by atoms with Gasteiger partial charge in [0.25, 0.3) is 0 Å². The van der Waals surface area contributed by atoms with E-state index in [-0.39, 0.29) is 11.9 Å². The molecule has 5 heteroatoms. The lowest BCUT2D eigenvalue weighted by Crippen LogP contribution is -2.42. The van der Waals surface area contributed by atoms with Crippen LogP contribution in [0.5, 0.6) is 0 Å². The van der Waals surface area contributed by atoms with Crippen LogP contribution in [0.25, 0.3) is 0 Å². The van der Waals surface area contributed by atoms with Gasteiger partial charge < -0.3 is 14.8 Å². The molecule has 0 saturated carbocycles. The fraction of sp³-hybridized carbons (Fsp3) is 0.846. The number of carbonyl (C=O) groups is 2. The van der Waals surface area contributed by atoms with Crippen LogP contribution in [0, 0.1) is 5.92 Å². The summed E-state index contributed by atoms with van der Waals surface area (Å²) in [5, 5.41) is 2.50. The van der Waals surface area contributed by atoms with Crippen molar-refractivity contribution in [2.45, 2.75) is 52.5 Å². The Hall–Kier alpha value is -1.26. The molecule has 0 aromatic carbocycles. The number of esters is 1. The number of nitrogens with one attached hydrogen (secondary N) is 1. The topological polar surface area (TPSA) is 64.6 Å². The van der Waals surface area contributed by atoms with Gasteiger partial charge in [-0.2, -0.15) is 0 Å². The number of carbonyl (C=O) groups excluding carboxylic acids is 2. The largest absolute Gasteiger partial charge is 0.464 e. The van der Waals surface area contributed by atoms with Crippen LogP contribution in [0.15, 0.2) is 0 Å². The van der Waals surface area contributed by atoms with Gasteiger partial charge in [0.2, 0.25) is 0 Å². The normalized spacial score (nSPS) is 12.1. The van der Waals surface area contributed by atoms with Crippen molar-refractivity contribution in [3.05, 3.63) is 0 Å². The van der Waals surface area contributed by atoms with E-state index in [0.717, 1.165) is 19.3 Å². The minimum atomic E-state index is -0.626. The monoisotopic (exact) mass is 259 g/mol. The van der Waals surface area contributed by atoms with Crippen LogP contribution in [0.2, 0.25) is 0 Å². The smallest absolute Gasteiger partial charge is 0.407 e. The summed E-state index contributed by atoms with van der Waals surface area (Å²) in [5.41, 5.74) is 0. The van der Waals surface area contributed by atoms with Crippen molar-refractivity contribution in [1.82, 2.24) is 5.32 Å². The lowest BCUT2D eigenvalue weighted by Gasteiger charge is -2.18. The van der Waals surface area contributed by atoms with E-state index in [1.165, 1.54) is 7.11 Å². The Morgan fingerprint density at radius 2 is 1.89 bits per heavy atom. The highest BCUT2D eigenvalue weighted by Gasteiger charge is 2.23. The summed E-state index contributed by atoms with van der Waals surface area (Å²) >= 11 is 0. The van der Waals surface area contributed by atoms with Gasteiger partial charge in [0, 0.05) is 0 Å². The van der Waals surface area contributed by atoms with E-state index in [9.17, 15) is 9.59 Å². The molecule has 0 aromatic rings. The highest BCUT2D eigenvalue weighted by Crippen LogP contribution is 2.07. The molecule has 0 radical (unpaired) electrons. The van der Waals surface area contributed by atoms with Gasteiger partial charge in [-0.3, -0.25) is 0 Å². The van der Waals surface area contributed by atoms with Gasteiger partial charge in [-0.25, -0.2) is 9.59 Å². The van der Waals surface area contributed by atoms with Crippen molar-refractivity contribution in [1.29, 1.82) is 0 Å². The minimum absolute atomic E-state index is 0.287. The van der Waals surface area contributed by atoms with Crippen molar-refractivity contribution in [3.63, 3.8) is 0 Å². The quantitative estimate of drug-likeness (QED) is 0.537. The lowest BCUT2D eigenvalue weighted by molar-refractivity contribution is -0.146. The molecule has 0 aliphatic heterocycles. The molecule has 0 rings (SSSR count). The average molecular weight is 259 g/mol. The predicted octanol–water partition coefficient (Wildman–Crippen LogP) is 2.49. The first kappa shape index (κ1) is 16.7. The minimum Gasteiger partial charge on any atom is -0.464 e. The first-order chi connectivity index (χ1) is 8.51. The molecule has 106 valence electrons. The molecule has 0 aromatic heterocycles. The van der Waals surface area contributed by atoms with Crippen LogP contribution in [0.1, 0.15) is 46.5 Å². The number of hydrogen-bond acceptors (Lipinski definition) is 4. The maximum Gasteiger partial charge on any atom is 0.407 e. The van der Waals surface area contributed by atoms with Crippen LogP contribution in [0.4, 0.5) is 4.79 Å². The Kier molecular flexibility index (Phi) is 9.06. The number of amides is 1. The Balaban J connectivity index is 4.18. The number of alkyl carbamates (subject to hydrolysis) is 1. The van der Waals surface area contributed by atoms with Gasteiger partial charge in [0.15, 0.2) is 0 Å². The fourth-order valence-electron chi connectivity index (χ4n) is 1.51. The number of hydrogen-bond donors (Lipinski definition) is 1. The second-order valence-corrected chi connectivity index (χ2v) is 4.69. The van der Waals surface area contributed by atoms with E-state index in [2.05, 4.69) is 17.0 Å². The zero-order valence-corrected chi connectivity index (χ0v) is 11.8. The predicted molar refractivity (Wildman–Crippen MR) is 69.3 cm³/mol. The summed E-state index contributed by atoms with van der Waals surface area (Å²) in [7, 11) is 1.27. The second-order valence-electron chi connectivity index (χ2n) is 4.69. The van der Waals surface area contributed by atoms with Gasteiger partial charge in [0.05, 0.1) is 13.7 Å². The number of ether oxygens (including phenoxy) is 2. The van der Waals surface area contributed by atoms with Crippen molar-refractivity contribution in [3.8, 4) is 0 Å². The molecule has 0 fully saturated rings. The fourth-order valence-corrected chi connectivity index (χ4v) is 1.51. The molecule has 1 amide bonds. The van der Waals surface area contributed by atoms with Gasteiger partial charge >= 0.3 is 12.1 Å². The van der Waals surface area contributed by atoms with E-state index in [4.69, 9.17) is 4.74 Å². The molecule has 0 aliphatic rings. The van der Waals surface area contributed by atoms with E-state index in [0.29, 0.717) is 13.0 Å². The van der Waals surface area contributed by atoms with Gasteiger partial charge in [-0.05, 0) is 18.8 Å². The summed E-state index contributed by atoms with van der Waals surface area (Å²) in [6.45, 7) is 6.46. The van der Waals surface area contributed by atoms with Crippen molar-refractivity contribution in [2.24, 2.45) is 5.92 Å². The van der Waals surface area contributed by atoms with Crippen LogP contribution in [0.3, 0.4) is 0 Å². The molecule has 0 unspecified atom stereocenters. The number of unbranched alkanes of at least 4 members (excludes halogenated alkanes) is 2. The summed E-state index contributed by atoms with van der Waals surface area (Å²) in [5.74, 6) is -0.0967. The summed E-state index contributed by atoms with van der Waals surface area (Å²) < 4.78 is 9.64. The molecular weight excluding hydrogens is 234 g/mol. The third-order valence-corrected chi connectivity index (χ3v) is 2.46. The van der Waals surface area contributed by atoms with Gasteiger partial charge in [-0.15, -0.1) is 0 Å². The Morgan fingerprint density at radius 1 is 1.22 bits per heavy atom. The van der Waals surface area contributed by atoms with Crippen molar-refractivity contribution in [2.75, 3.05) is 13.7 Å². The molecular formula is C13H25NO4. The highest BCUT2D eigenvalue weighted by atomic mass is 16.5. The summed E-state index contributed by atoms with van der Waals surface area (Å²) in [6.07, 6.45) is 2.91. The van der Waals surface area contributed by atoms with Crippen LogP contribution < -0.4 is 5.32 Å². The molecule has 1 atom stereocenters. The van der Waals surface area contributed by atoms with Crippen LogP contribution in [-0.4, -0.2) is 31.8 Å². The second kappa shape index (κ2) is 9.74. The molecule has 0 bridgehead atoms. The van der Waals surface area contributed by atoms with Crippen LogP contribution in [-0.2, 0) is 14.3 Å². The zero-order valence-electron chi connectivity index (χ0n) is 11.8. The first-order valence-electron chi connectivity index (χ1n) is 6.52. The van der Waals surface area contributed by atoms with E-state index >= 15 is 0 Å². The maximum atomic E-state index is 11.8. The summed E-state index contributed by atoms with van der Waals surface area (Å²) in [4.78, 5) is 22.9. The zero-order chi connectivity index (χ0) is 14.0. The Morgan fingerprint density at radius 3 is 2.39 bits per heavy atom. The molecule has 0 saturated heterocycles. The number of methoxy groups -OCH3 is 1. The van der Waals surface area contributed by atoms with E-state index in [1.807, 2.05) is 13.8 Å². The molecule has 5 nitrogen and oxygen atoms in total. The van der Waals surface area contributed by atoms with Gasteiger partial charge in [0.1, 0.15) is 6.04 Å². The first-order valence-corrected chi connectivity index (χ1v) is 6.52. The molecule has 18 heavy (non-hydrogen) atoms. The summed E-state index contributed by atoms with van der Waals surface area (Å²) in [6, 6.07) is -0.626. The average Bonchev–Trinajstić information content (AvgIpc) is 2.32. The maximum absolute atomic E-state index is 11.8. The Labute approximate surface area is 109 Å². The number of rotatable bonds is 8. The third kappa shape index (κ3) is 7.92. The van der Waals surface area contributed by atoms with Gasteiger partial charge in [-0.1, -0.05) is 33.6 Å². The SMILES string of the molecule is CCCCCOC(=O)[C@H](CC(C)C)NC(=O)OC. The van der Waals surface area contributed by atoms with Crippen molar-refractivity contribution >= 4 is 12.1 Å². The highest BCUT2D eigenvalue weighted by molar-refractivity contribution is 5.81. The van der Waals surface area contributed by atoms with E-state index in [1.54, 1.807) is 0 Å². The lowest BCUT2D eigenvalue weighted by atomic mass is 10.0.